The van der Waals surface area contributed by atoms with E-state index in [2.05, 4.69) is 4.40 Å². The Morgan fingerprint density at radius 1 is 1.08 bits per heavy atom. The van der Waals surface area contributed by atoms with Gasteiger partial charge in [-0.3, -0.25) is 9.20 Å². The molecule has 0 aliphatic rings. The Bertz CT molecular complexity index is 1180. The zero-order valence-electron chi connectivity index (χ0n) is 14.8. The number of ether oxygens (including phenoxy) is 1. The summed E-state index contributed by atoms with van der Waals surface area (Å²) in [6, 6.07) is 12.9. The van der Waals surface area contributed by atoms with E-state index in [0.717, 1.165) is 45.1 Å². The van der Waals surface area contributed by atoms with E-state index >= 15 is 0 Å². The largest absolute Gasteiger partial charge is 0.497 e. The van der Waals surface area contributed by atoms with Gasteiger partial charge in [0.25, 0.3) is 0 Å². The molecule has 0 radical (unpaired) electrons. The number of hydrogen-bond acceptors (Lipinski definition) is 4. The van der Waals surface area contributed by atoms with Crippen molar-refractivity contribution in [3.05, 3.63) is 59.4 Å². The van der Waals surface area contributed by atoms with Gasteiger partial charge in [-0.15, -0.1) is 0 Å². The van der Waals surface area contributed by atoms with Crippen molar-refractivity contribution in [2.75, 3.05) is 7.11 Å². The second kappa shape index (κ2) is 5.84. The van der Waals surface area contributed by atoms with Crippen molar-refractivity contribution in [2.24, 2.45) is 5.73 Å². The van der Waals surface area contributed by atoms with Crippen molar-refractivity contribution >= 4 is 22.5 Å². The number of methoxy groups -OCH3 is 1. The van der Waals surface area contributed by atoms with Gasteiger partial charge in [0, 0.05) is 17.2 Å². The van der Waals surface area contributed by atoms with Crippen LogP contribution in [-0.4, -0.2) is 27.4 Å². The van der Waals surface area contributed by atoms with E-state index in [1.165, 1.54) is 0 Å². The van der Waals surface area contributed by atoms with E-state index in [-0.39, 0.29) is 0 Å². The Hall–Kier alpha value is -3.41. The minimum absolute atomic E-state index is 0.449. The standard InChI is InChI=1S/C20H18N4O2/c1-11-18-12(2)23-20(14-6-4-5-13(9-14)19(21)25)24(18)17-10-15(26-3)7-8-16(17)22-11/h4-10H,1-3H3,(H2,21,25). The van der Waals surface area contributed by atoms with Crippen LogP contribution in [0.4, 0.5) is 0 Å². The minimum atomic E-state index is -0.464. The molecule has 0 bridgehead atoms. The summed E-state index contributed by atoms with van der Waals surface area (Å²) in [4.78, 5) is 21.0. The molecule has 2 heterocycles. The first-order chi connectivity index (χ1) is 12.5. The highest BCUT2D eigenvalue weighted by Gasteiger charge is 2.17. The van der Waals surface area contributed by atoms with Crippen LogP contribution in [0.5, 0.6) is 5.75 Å². The number of nitrogens with two attached hydrogens (primary N) is 1. The van der Waals surface area contributed by atoms with Gasteiger partial charge in [-0.1, -0.05) is 12.1 Å². The van der Waals surface area contributed by atoms with E-state index in [4.69, 9.17) is 20.4 Å². The number of benzene rings is 2. The number of amides is 1. The van der Waals surface area contributed by atoms with Gasteiger partial charge in [0.05, 0.1) is 35.0 Å². The molecule has 0 unspecified atom stereocenters. The number of aromatic nitrogens is 3. The molecule has 4 rings (SSSR count). The SMILES string of the molecule is COc1ccc2nc(C)c3c(C)nc(-c4cccc(C(N)=O)c4)n3c2c1. The summed E-state index contributed by atoms with van der Waals surface area (Å²) in [6.07, 6.45) is 0. The van der Waals surface area contributed by atoms with Gasteiger partial charge in [0.2, 0.25) is 5.91 Å². The molecule has 4 aromatic rings. The van der Waals surface area contributed by atoms with E-state index < -0.39 is 5.91 Å². The number of aryl methyl sites for hydroxylation is 2. The van der Waals surface area contributed by atoms with Crippen molar-refractivity contribution in [3.63, 3.8) is 0 Å². The summed E-state index contributed by atoms with van der Waals surface area (Å²) in [6.45, 7) is 3.93. The Morgan fingerprint density at radius 3 is 2.58 bits per heavy atom. The average Bonchev–Trinajstić information content (AvgIpc) is 3.00. The molecule has 0 saturated carbocycles. The van der Waals surface area contributed by atoms with Crippen molar-refractivity contribution in [3.8, 4) is 17.1 Å². The van der Waals surface area contributed by atoms with Gasteiger partial charge < -0.3 is 10.5 Å². The predicted octanol–water partition coefficient (Wildman–Crippen LogP) is 3.27. The number of carbonyl (C=O) groups is 1. The Labute approximate surface area is 150 Å². The molecule has 6 heteroatoms. The van der Waals surface area contributed by atoms with Crippen LogP contribution in [0.3, 0.4) is 0 Å². The lowest BCUT2D eigenvalue weighted by atomic mass is 10.1. The number of nitrogens with zero attached hydrogens (tertiary/aromatic N) is 3. The molecule has 26 heavy (non-hydrogen) atoms. The molecular weight excluding hydrogens is 328 g/mol. The zero-order valence-corrected chi connectivity index (χ0v) is 14.8. The fourth-order valence-electron chi connectivity index (χ4n) is 3.33. The maximum atomic E-state index is 11.6. The molecule has 0 aliphatic carbocycles. The summed E-state index contributed by atoms with van der Waals surface area (Å²) < 4.78 is 7.45. The van der Waals surface area contributed by atoms with Gasteiger partial charge in [-0.05, 0) is 38.1 Å². The molecular formula is C20H18N4O2. The maximum absolute atomic E-state index is 11.6. The summed E-state index contributed by atoms with van der Waals surface area (Å²) in [5, 5.41) is 0. The minimum Gasteiger partial charge on any atom is -0.497 e. The third-order valence-corrected chi connectivity index (χ3v) is 4.51. The Kier molecular flexibility index (Phi) is 3.61. The van der Waals surface area contributed by atoms with Crippen molar-refractivity contribution in [2.45, 2.75) is 13.8 Å². The van der Waals surface area contributed by atoms with Crippen molar-refractivity contribution in [1.82, 2.24) is 14.4 Å². The quantitative estimate of drug-likeness (QED) is 0.617. The topological polar surface area (TPSA) is 82.5 Å². The number of hydrogen-bond donors (Lipinski definition) is 1. The monoisotopic (exact) mass is 346 g/mol. The van der Waals surface area contributed by atoms with E-state index in [0.29, 0.717) is 5.56 Å². The number of rotatable bonds is 3. The first kappa shape index (κ1) is 16.1. The molecule has 2 aromatic heterocycles. The van der Waals surface area contributed by atoms with Crippen LogP contribution in [0.1, 0.15) is 21.7 Å². The molecule has 2 aromatic carbocycles. The lowest BCUT2D eigenvalue weighted by Gasteiger charge is -2.10. The smallest absolute Gasteiger partial charge is 0.248 e. The fraction of sp³-hybridized carbons (Fsp3) is 0.150. The molecule has 0 atom stereocenters. The maximum Gasteiger partial charge on any atom is 0.248 e. The van der Waals surface area contributed by atoms with E-state index in [9.17, 15) is 4.79 Å². The number of fused-ring (bicyclic) bond motifs is 3. The van der Waals surface area contributed by atoms with Crippen LogP contribution in [0, 0.1) is 13.8 Å². The molecule has 0 spiro atoms. The molecule has 0 aliphatic heterocycles. The van der Waals surface area contributed by atoms with Gasteiger partial charge in [0.15, 0.2) is 0 Å². The second-order valence-electron chi connectivity index (χ2n) is 6.20. The number of carbonyl (C=O) groups excluding carboxylic acids is 1. The first-order valence-electron chi connectivity index (χ1n) is 8.23. The number of imidazole rings is 1. The average molecular weight is 346 g/mol. The summed E-state index contributed by atoms with van der Waals surface area (Å²) in [5.74, 6) is 1.02. The van der Waals surface area contributed by atoms with Gasteiger partial charge in [-0.2, -0.15) is 0 Å². The highest BCUT2D eigenvalue weighted by molar-refractivity contribution is 5.94. The molecule has 0 fully saturated rings. The molecule has 130 valence electrons. The van der Waals surface area contributed by atoms with Crippen LogP contribution in [0.2, 0.25) is 0 Å². The molecule has 6 nitrogen and oxygen atoms in total. The van der Waals surface area contributed by atoms with Crippen LogP contribution in [0.15, 0.2) is 42.5 Å². The lowest BCUT2D eigenvalue weighted by Crippen LogP contribution is -2.10. The van der Waals surface area contributed by atoms with E-state index in [1.807, 2.05) is 44.2 Å². The normalized spacial score (nSPS) is 11.2. The van der Waals surface area contributed by atoms with Crippen LogP contribution >= 0.6 is 0 Å². The Balaban J connectivity index is 2.13. The highest BCUT2D eigenvalue weighted by atomic mass is 16.5. The van der Waals surface area contributed by atoms with Gasteiger partial charge in [0.1, 0.15) is 11.6 Å². The zero-order chi connectivity index (χ0) is 18.4. The predicted molar refractivity (Wildman–Crippen MR) is 100 cm³/mol. The first-order valence-corrected chi connectivity index (χ1v) is 8.23. The number of primary amides is 1. The molecule has 0 saturated heterocycles. The molecule has 1 amide bonds. The second-order valence-corrected chi connectivity index (χ2v) is 6.20. The summed E-state index contributed by atoms with van der Waals surface area (Å²) in [7, 11) is 1.64. The van der Waals surface area contributed by atoms with Gasteiger partial charge >= 0.3 is 0 Å². The van der Waals surface area contributed by atoms with Crippen LogP contribution < -0.4 is 10.5 Å². The van der Waals surface area contributed by atoms with E-state index in [1.54, 1.807) is 19.2 Å². The van der Waals surface area contributed by atoms with Crippen molar-refractivity contribution < 1.29 is 9.53 Å². The Morgan fingerprint density at radius 2 is 1.85 bits per heavy atom. The van der Waals surface area contributed by atoms with Crippen molar-refractivity contribution in [1.29, 1.82) is 0 Å². The lowest BCUT2D eigenvalue weighted by molar-refractivity contribution is 0.100. The van der Waals surface area contributed by atoms with Crippen LogP contribution in [0.25, 0.3) is 27.9 Å². The fourth-order valence-corrected chi connectivity index (χ4v) is 3.33. The highest BCUT2D eigenvalue weighted by Crippen LogP contribution is 2.30. The third kappa shape index (κ3) is 2.38. The summed E-state index contributed by atoms with van der Waals surface area (Å²) >= 11 is 0. The summed E-state index contributed by atoms with van der Waals surface area (Å²) in [5.41, 5.74) is 11.2. The third-order valence-electron chi connectivity index (χ3n) is 4.51. The molecule has 2 N–H and O–H groups in total. The van der Waals surface area contributed by atoms with Gasteiger partial charge in [-0.25, -0.2) is 9.97 Å². The van der Waals surface area contributed by atoms with Crippen LogP contribution in [-0.2, 0) is 0 Å².